The largest absolute Gasteiger partial charge is 0.322 e. The number of aryl methyl sites for hydroxylation is 2. The molecule has 1 aromatic carbocycles. The van der Waals surface area contributed by atoms with Crippen LogP contribution < -0.4 is 5.32 Å². The third-order valence-electron chi connectivity index (χ3n) is 4.10. The Kier molecular flexibility index (Phi) is 4.76. The molecule has 0 spiro atoms. The molecule has 1 aromatic heterocycles. The van der Waals surface area contributed by atoms with E-state index in [0.717, 1.165) is 22.6 Å². The second kappa shape index (κ2) is 6.66. The highest BCUT2D eigenvalue weighted by Crippen LogP contribution is 2.24. The van der Waals surface area contributed by atoms with E-state index >= 15 is 0 Å². The second-order valence-electron chi connectivity index (χ2n) is 5.92. The summed E-state index contributed by atoms with van der Waals surface area (Å²) in [5, 5.41) is 2.82. The number of rotatable bonds is 4. The van der Waals surface area contributed by atoms with Gasteiger partial charge in [-0.15, -0.1) is 11.3 Å². The van der Waals surface area contributed by atoms with Crippen LogP contribution in [0.3, 0.4) is 0 Å². The maximum atomic E-state index is 12.5. The van der Waals surface area contributed by atoms with E-state index in [1.54, 1.807) is 35.6 Å². The minimum atomic E-state index is -3.42. The number of thiophene rings is 1. The van der Waals surface area contributed by atoms with Gasteiger partial charge >= 0.3 is 0 Å². The van der Waals surface area contributed by atoms with Crippen molar-refractivity contribution in [3.63, 3.8) is 0 Å². The predicted octanol–water partition coefficient (Wildman–Crippen LogP) is 3.40. The monoisotopic (exact) mass is 364 g/mol. The van der Waals surface area contributed by atoms with E-state index in [1.165, 1.54) is 4.31 Å². The van der Waals surface area contributed by atoms with Crippen molar-refractivity contribution in [2.24, 2.45) is 0 Å². The zero-order chi connectivity index (χ0) is 17.3. The van der Waals surface area contributed by atoms with Crippen LogP contribution in [0.25, 0.3) is 0 Å². The van der Waals surface area contributed by atoms with Gasteiger partial charge in [-0.25, -0.2) is 8.42 Å². The fraction of sp³-hybridized carbons (Fsp3) is 0.353. The highest BCUT2D eigenvalue weighted by molar-refractivity contribution is 7.89. The first-order valence-electron chi connectivity index (χ1n) is 7.86. The average Bonchev–Trinajstić information content (AvgIpc) is 3.18. The molecule has 1 amide bonds. The summed E-state index contributed by atoms with van der Waals surface area (Å²) in [5.74, 6) is -0.174. The van der Waals surface area contributed by atoms with E-state index in [4.69, 9.17) is 0 Å². The summed E-state index contributed by atoms with van der Waals surface area (Å²) < 4.78 is 26.5. The van der Waals surface area contributed by atoms with Gasteiger partial charge in [0.2, 0.25) is 10.0 Å². The molecule has 7 heteroatoms. The standard InChI is InChI=1S/C17H20N2O3S2/c1-12-11-16(13(2)23-12)17(20)18-14-5-7-15(8-6-14)24(21,22)19-9-3-4-10-19/h5-8,11H,3-4,9-10H2,1-2H3,(H,18,20). The Bertz CT molecular complexity index is 848. The molecule has 0 atom stereocenters. The number of carbonyl (C=O) groups is 1. The quantitative estimate of drug-likeness (QED) is 0.904. The lowest BCUT2D eigenvalue weighted by molar-refractivity contribution is 0.102. The van der Waals surface area contributed by atoms with Crippen LogP contribution in [0.15, 0.2) is 35.2 Å². The first-order chi connectivity index (χ1) is 11.4. The molecule has 0 radical (unpaired) electrons. The summed E-state index contributed by atoms with van der Waals surface area (Å²) in [6, 6.07) is 8.23. The Balaban J connectivity index is 1.75. The van der Waals surface area contributed by atoms with Gasteiger partial charge < -0.3 is 5.32 Å². The number of carbonyl (C=O) groups excluding carboxylic acids is 1. The number of nitrogens with zero attached hydrogens (tertiary/aromatic N) is 1. The minimum absolute atomic E-state index is 0.174. The summed E-state index contributed by atoms with van der Waals surface area (Å²) in [5.41, 5.74) is 1.25. The molecule has 2 aromatic rings. The van der Waals surface area contributed by atoms with Crippen molar-refractivity contribution < 1.29 is 13.2 Å². The molecule has 128 valence electrons. The van der Waals surface area contributed by atoms with E-state index in [9.17, 15) is 13.2 Å². The SMILES string of the molecule is Cc1cc(C(=O)Nc2ccc(S(=O)(=O)N3CCCC3)cc2)c(C)s1. The molecule has 2 heterocycles. The molecule has 0 saturated carbocycles. The summed E-state index contributed by atoms with van der Waals surface area (Å²) >= 11 is 1.58. The van der Waals surface area contributed by atoms with Crippen LogP contribution in [0, 0.1) is 13.8 Å². The highest BCUT2D eigenvalue weighted by Gasteiger charge is 2.27. The number of sulfonamides is 1. The zero-order valence-corrected chi connectivity index (χ0v) is 15.3. The van der Waals surface area contributed by atoms with Gasteiger partial charge in [0, 0.05) is 28.5 Å². The Hall–Kier alpha value is -1.70. The van der Waals surface area contributed by atoms with Crippen LogP contribution in [0.4, 0.5) is 5.69 Å². The summed E-state index contributed by atoms with van der Waals surface area (Å²) in [6.07, 6.45) is 1.82. The van der Waals surface area contributed by atoms with Gasteiger partial charge in [0.25, 0.3) is 5.91 Å². The Morgan fingerprint density at radius 2 is 1.75 bits per heavy atom. The average molecular weight is 364 g/mol. The zero-order valence-electron chi connectivity index (χ0n) is 13.7. The van der Waals surface area contributed by atoms with Gasteiger partial charge in [-0.2, -0.15) is 4.31 Å². The third-order valence-corrected chi connectivity index (χ3v) is 6.98. The maximum Gasteiger partial charge on any atom is 0.256 e. The van der Waals surface area contributed by atoms with E-state index in [-0.39, 0.29) is 10.8 Å². The lowest BCUT2D eigenvalue weighted by Crippen LogP contribution is -2.27. The molecule has 1 N–H and O–H groups in total. The normalized spacial score (nSPS) is 15.6. The molecule has 1 aliphatic heterocycles. The Labute approximate surface area is 146 Å². The van der Waals surface area contributed by atoms with Crippen molar-refractivity contribution >= 4 is 33.0 Å². The maximum absolute atomic E-state index is 12.5. The van der Waals surface area contributed by atoms with Crippen LogP contribution in [0.2, 0.25) is 0 Å². The molecular formula is C17H20N2O3S2. The number of hydrogen-bond acceptors (Lipinski definition) is 4. The molecule has 24 heavy (non-hydrogen) atoms. The van der Waals surface area contributed by atoms with Crippen molar-refractivity contribution in [3.05, 3.63) is 45.6 Å². The van der Waals surface area contributed by atoms with Crippen LogP contribution >= 0.6 is 11.3 Å². The molecule has 1 aliphatic rings. The van der Waals surface area contributed by atoms with Crippen LogP contribution in [-0.2, 0) is 10.0 Å². The van der Waals surface area contributed by atoms with Crippen LogP contribution in [0.1, 0.15) is 33.0 Å². The Morgan fingerprint density at radius 1 is 1.12 bits per heavy atom. The van der Waals surface area contributed by atoms with Crippen molar-refractivity contribution in [3.8, 4) is 0 Å². The first-order valence-corrected chi connectivity index (χ1v) is 10.1. The molecule has 0 bridgehead atoms. The summed E-state index contributed by atoms with van der Waals surface area (Å²) in [4.78, 5) is 14.6. The number of hydrogen-bond donors (Lipinski definition) is 1. The highest BCUT2D eigenvalue weighted by atomic mass is 32.2. The number of anilines is 1. The van der Waals surface area contributed by atoms with Crippen molar-refractivity contribution in [1.29, 1.82) is 0 Å². The molecule has 5 nitrogen and oxygen atoms in total. The van der Waals surface area contributed by atoms with Crippen LogP contribution in [-0.4, -0.2) is 31.7 Å². The number of nitrogens with one attached hydrogen (secondary N) is 1. The van der Waals surface area contributed by atoms with Crippen molar-refractivity contribution in [2.75, 3.05) is 18.4 Å². The number of amides is 1. The van der Waals surface area contributed by atoms with Gasteiger partial charge in [-0.1, -0.05) is 0 Å². The van der Waals surface area contributed by atoms with E-state index in [2.05, 4.69) is 5.32 Å². The Morgan fingerprint density at radius 3 is 2.29 bits per heavy atom. The van der Waals surface area contributed by atoms with Gasteiger partial charge in [0.05, 0.1) is 10.5 Å². The molecule has 0 aliphatic carbocycles. The topological polar surface area (TPSA) is 66.5 Å². The summed E-state index contributed by atoms with van der Waals surface area (Å²) in [6.45, 7) is 5.04. The van der Waals surface area contributed by atoms with E-state index in [0.29, 0.717) is 24.3 Å². The predicted molar refractivity (Wildman–Crippen MR) is 96.2 cm³/mol. The molecule has 1 saturated heterocycles. The summed E-state index contributed by atoms with van der Waals surface area (Å²) in [7, 11) is -3.42. The van der Waals surface area contributed by atoms with E-state index in [1.807, 2.05) is 19.9 Å². The van der Waals surface area contributed by atoms with E-state index < -0.39 is 10.0 Å². The molecular weight excluding hydrogens is 344 g/mol. The molecule has 1 fully saturated rings. The third kappa shape index (κ3) is 3.38. The number of benzene rings is 1. The minimum Gasteiger partial charge on any atom is -0.322 e. The lowest BCUT2D eigenvalue weighted by Gasteiger charge is -2.15. The van der Waals surface area contributed by atoms with Gasteiger partial charge in [-0.3, -0.25) is 4.79 Å². The first kappa shape index (κ1) is 17.1. The van der Waals surface area contributed by atoms with Crippen molar-refractivity contribution in [2.45, 2.75) is 31.6 Å². The smallest absolute Gasteiger partial charge is 0.256 e. The second-order valence-corrected chi connectivity index (χ2v) is 9.31. The molecule has 3 rings (SSSR count). The van der Waals surface area contributed by atoms with Crippen molar-refractivity contribution in [1.82, 2.24) is 4.31 Å². The van der Waals surface area contributed by atoms with Crippen LogP contribution in [0.5, 0.6) is 0 Å². The molecule has 0 unspecified atom stereocenters. The van der Waals surface area contributed by atoms with Gasteiger partial charge in [0.1, 0.15) is 0 Å². The lowest BCUT2D eigenvalue weighted by atomic mass is 10.2. The fourth-order valence-electron chi connectivity index (χ4n) is 2.84. The van der Waals surface area contributed by atoms with Gasteiger partial charge in [0.15, 0.2) is 0 Å². The fourth-order valence-corrected chi connectivity index (χ4v) is 5.28. The van der Waals surface area contributed by atoms with Gasteiger partial charge in [-0.05, 0) is 57.0 Å².